The van der Waals surface area contributed by atoms with Gasteiger partial charge in [0.1, 0.15) is 0 Å². The van der Waals surface area contributed by atoms with Crippen LogP contribution in [0.5, 0.6) is 0 Å². The topological polar surface area (TPSA) is 55.3 Å². The lowest BCUT2D eigenvalue weighted by Gasteiger charge is -2.13. The van der Waals surface area contributed by atoms with Crippen LogP contribution in [0, 0.1) is 0 Å². The third-order valence-electron chi connectivity index (χ3n) is 2.72. The van der Waals surface area contributed by atoms with Gasteiger partial charge in [-0.3, -0.25) is 0 Å². The molecule has 2 rings (SSSR count). The van der Waals surface area contributed by atoms with E-state index >= 15 is 0 Å². The average molecular weight is 261 g/mol. The minimum atomic E-state index is -0.384. The van der Waals surface area contributed by atoms with Crippen molar-refractivity contribution in [2.45, 2.75) is 12.7 Å². The molecule has 0 bridgehead atoms. The molecule has 1 aromatic carbocycles. The Hall–Kier alpha value is -1.20. The number of hydrogen-bond donors (Lipinski definition) is 2. The number of thiophene rings is 1. The molecule has 0 atom stereocenters. The molecule has 0 unspecified atom stereocenters. The molecule has 0 radical (unpaired) electrons. The van der Waals surface area contributed by atoms with Gasteiger partial charge in [0.2, 0.25) is 0 Å². The molecule has 0 saturated heterocycles. The number of hydrogen-bond acceptors (Lipinski definition) is 4. The van der Waals surface area contributed by atoms with Crippen LogP contribution < -0.4 is 11.5 Å². The molecule has 0 fully saturated rings. The molecule has 0 amide bonds. The van der Waals surface area contributed by atoms with Gasteiger partial charge in [0.15, 0.2) is 0 Å². The summed E-state index contributed by atoms with van der Waals surface area (Å²) >= 11 is 1.67. The minimum absolute atomic E-state index is 0.384. The summed E-state index contributed by atoms with van der Waals surface area (Å²) in [6.45, 7) is 0.929. The first-order valence-corrected chi connectivity index (χ1v) is 6.73. The Morgan fingerprint density at radius 2 is 1.83 bits per heavy atom. The number of benzene rings is 1. The fourth-order valence-electron chi connectivity index (χ4n) is 1.92. The summed E-state index contributed by atoms with van der Waals surface area (Å²) in [6.07, 6.45) is -0.384. The zero-order valence-electron chi connectivity index (χ0n) is 10.8. The molecule has 1 heterocycles. The van der Waals surface area contributed by atoms with Crippen molar-refractivity contribution in [1.29, 1.82) is 0 Å². The van der Waals surface area contributed by atoms with E-state index in [0.717, 1.165) is 11.4 Å². The number of nitrogens with zero attached hydrogens (tertiary/aromatic N) is 1. The molecule has 4 N–H and O–H groups in total. The molecule has 0 aliphatic rings. The Balaban J connectivity index is 2.36. The van der Waals surface area contributed by atoms with Crippen molar-refractivity contribution in [3.05, 3.63) is 46.8 Å². The van der Waals surface area contributed by atoms with E-state index in [-0.39, 0.29) is 6.17 Å². The van der Waals surface area contributed by atoms with Gasteiger partial charge >= 0.3 is 0 Å². The minimum Gasteiger partial charge on any atom is -0.312 e. The summed E-state index contributed by atoms with van der Waals surface area (Å²) in [6, 6.07) is 12.6. The van der Waals surface area contributed by atoms with Crippen molar-refractivity contribution in [2.75, 3.05) is 14.1 Å². The SMILES string of the molecule is CN(C)Cc1ccccc1-c1ccc(C(N)N)s1. The predicted molar refractivity (Wildman–Crippen MR) is 78.3 cm³/mol. The molecular weight excluding hydrogens is 242 g/mol. The van der Waals surface area contributed by atoms with Crippen LogP contribution in [0.1, 0.15) is 16.6 Å². The van der Waals surface area contributed by atoms with E-state index in [2.05, 4.69) is 49.3 Å². The maximum Gasteiger partial charge on any atom is 0.0879 e. The van der Waals surface area contributed by atoms with Gasteiger partial charge in [-0.2, -0.15) is 0 Å². The highest BCUT2D eigenvalue weighted by molar-refractivity contribution is 7.15. The first kappa shape index (κ1) is 13.2. The van der Waals surface area contributed by atoms with E-state index in [1.165, 1.54) is 16.0 Å². The van der Waals surface area contributed by atoms with Gasteiger partial charge in [0.25, 0.3) is 0 Å². The molecule has 2 aromatic rings. The van der Waals surface area contributed by atoms with Crippen LogP contribution in [-0.4, -0.2) is 19.0 Å². The third-order valence-corrected chi connectivity index (χ3v) is 3.94. The van der Waals surface area contributed by atoms with Gasteiger partial charge in [-0.15, -0.1) is 11.3 Å². The van der Waals surface area contributed by atoms with E-state index in [9.17, 15) is 0 Å². The molecule has 0 spiro atoms. The fourth-order valence-corrected chi connectivity index (χ4v) is 2.89. The Bertz CT molecular complexity index is 517. The van der Waals surface area contributed by atoms with Crippen molar-refractivity contribution in [1.82, 2.24) is 4.90 Å². The second-order valence-electron chi connectivity index (χ2n) is 4.62. The van der Waals surface area contributed by atoms with Gasteiger partial charge in [0.05, 0.1) is 6.17 Å². The van der Waals surface area contributed by atoms with Crippen LogP contribution in [0.3, 0.4) is 0 Å². The molecule has 18 heavy (non-hydrogen) atoms. The predicted octanol–water partition coefficient (Wildman–Crippen LogP) is 2.39. The summed E-state index contributed by atoms with van der Waals surface area (Å²) in [7, 11) is 4.15. The smallest absolute Gasteiger partial charge is 0.0879 e. The van der Waals surface area contributed by atoms with Gasteiger partial charge in [-0.05, 0) is 37.4 Å². The Morgan fingerprint density at radius 1 is 1.11 bits per heavy atom. The van der Waals surface area contributed by atoms with Crippen LogP contribution in [-0.2, 0) is 6.54 Å². The van der Waals surface area contributed by atoms with Crippen LogP contribution in [0.15, 0.2) is 36.4 Å². The van der Waals surface area contributed by atoms with Gasteiger partial charge in [-0.1, -0.05) is 24.3 Å². The van der Waals surface area contributed by atoms with Gasteiger partial charge in [0, 0.05) is 16.3 Å². The lowest BCUT2D eigenvalue weighted by molar-refractivity contribution is 0.403. The molecule has 0 aliphatic carbocycles. The summed E-state index contributed by atoms with van der Waals surface area (Å²) in [4.78, 5) is 4.41. The van der Waals surface area contributed by atoms with E-state index in [1.807, 2.05) is 6.07 Å². The quantitative estimate of drug-likeness (QED) is 0.831. The highest BCUT2D eigenvalue weighted by atomic mass is 32.1. The van der Waals surface area contributed by atoms with Crippen molar-refractivity contribution < 1.29 is 0 Å². The highest BCUT2D eigenvalue weighted by Gasteiger charge is 2.10. The monoisotopic (exact) mass is 261 g/mol. The van der Waals surface area contributed by atoms with Crippen LogP contribution in [0.4, 0.5) is 0 Å². The zero-order chi connectivity index (χ0) is 13.1. The molecule has 0 saturated carbocycles. The fraction of sp³-hybridized carbons (Fsp3) is 0.286. The molecule has 4 heteroatoms. The Labute approximate surface area is 112 Å². The lowest BCUT2D eigenvalue weighted by atomic mass is 10.1. The Morgan fingerprint density at radius 3 is 2.44 bits per heavy atom. The van der Waals surface area contributed by atoms with Gasteiger partial charge < -0.3 is 16.4 Å². The van der Waals surface area contributed by atoms with E-state index in [0.29, 0.717) is 0 Å². The normalized spacial score (nSPS) is 11.4. The Kier molecular flexibility index (Phi) is 4.14. The second kappa shape index (κ2) is 5.63. The van der Waals surface area contributed by atoms with Crippen molar-refractivity contribution in [3.63, 3.8) is 0 Å². The summed E-state index contributed by atoms with van der Waals surface area (Å²) in [5.74, 6) is 0. The van der Waals surface area contributed by atoms with Crippen LogP contribution >= 0.6 is 11.3 Å². The van der Waals surface area contributed by atoms with E-state index in [1.54, 1.807) is 11.3 Å². The number of nitrogens with two attached hydrogens (primary N) is 2. The maximum absolute atomic E-state index is 5.70. The summed E-state index contributed by atoms with van der Waals surface area (Å²) < 4.78 is 0. The molecule has 0 aliphatic heterocycles. The first-order valence-electron chi connectivity index (χ1n) is 5.92. The largest absolute Gasteiger partial charge is 0.312 e. The van der Waals surface area contributed by atoms with E-state index in [4.69, 9.17) is 11.5 Å². The third kappa shape index (κ3) is 2.97. The zero-order valence-corrected chi connectivity index (χ0v) is 11.6. The lowest BCUT2D eigenvalue weighted by Crippen LogP contribution is -2.18. The average Bonchev–Trinajstić information content (AvgIpc) is 2.78. The molecular formula is C14H19N3S. The maximum atomic E-state index is 5.70. The van der Waals surface area contributed by atoms with Crippen molar-refractivity contribution in [2.24, 2.45) is 11.5 Å². The van der Waals surface area contributed by atoms with Crippen LogP contribution in [0.25, 0.3) is 10.4 Å². The molecule has 96 valence electrons. The van der Waals surface area contributed by atoms with E-state index < -0.39 is 0 Å². The molecule has 3 nitrogen and oxygen atoms in total. The highest BCUT2D eigenvalue weighted by Crippen LogP contribution is 2.32. The second-order valence-corrected chi connectivity index (χ2v) is 5.74. The standard InChI is InChI=1S/C14H19N3S/c1-17(2)9-10-5-3-4-6-11(10)12-7-8-13(18-12)14(15)16/h3-8,14H,9,15-16H2,1-2H3. The molecule has 1 aromatic heterocycles. The summed E-state index contributed by atoms with van der Waals surface area (Å²) in [5.41, 5.74) is 14.0. The summed E-state index contributed by atoms with van der Waals surface area (Å²) in [5, 5.41) is 0. The number of rotatable bonds is 4. The van der Waals surface area contributed by atoms with Crippen molar-refractivity contribution >= 4 is 11.3 Å². The van der Waals surface area contributed by atoms with Crippen molar-refractivity contribution in [3.8, 4) is 10.4 Å². The van der Waals surface area contributed by atoms with Gasteiger partial charge in [-0.25, -0.2) is 0 Å². The first-order chi connectivity index (χ1) is 8.58. The van der Waals surface area contributed by atoms with Crippen LogP contribution in [0.2, 0.25) is 0 Å².